The Bertz CT molecular complexity index is 1070. The second kappa shape index (κ2) is 9.35. The van der Waals surface area contributed by atoms with Crippen LogP contribution in [0.3, 0.4) is 0 Å². The monoisotopic (exact) mass is 458 g/mol. The maximum absolute atomic E-state index is 13.6. The Morgan fingerprint density at radius 3 is 2.15 bits per heavy atom. The highest BCUT2D eigenvalue weighted by molar-refractivity contribution is 6.16. The molecule has 2 heterocycles. The van der Waals surface area contributed by atoms with E-state index in [1.54, 1.807) is 52.1 Å². The molecule has 0 fully saturated rings. The van der Waals surface area contributed by atoms with E-state index in [0.717, 1.165) is 0 Å². The molecule has 3 rings (SSSR count). The molecule has 1 aromatic rings. The van der Waals surface area contributed by atoms with Crippen LogP contribution in [0.1, 0.15) is 32.8 Å². The number of benzene rings is 1. The number of hydrogen-bond acceptors (Lipinski definition) is 10. The Kier molecular flexibility index (Phi) is 6.75. The summed E-state index contributed by atoms with van der Waals surface area (Å²) in [6.07, 6.45) is -0.510. The number of rotatable bonds is 7. The minimum atomic E-state index is -2.08. The number of para-hydroxylation sites is 1. The molecule has 1 atom stereocenters. The van der Waals surface area contributed by atoms with Crippen molar-refractivity contribution in [1.82, 2.24) is 0 Å². The van der Waals surface area contributed by atoms with Crippen LogP contribution in [-0.2, 0) is 43.5 Å². The second-order valence-corrected chi connectivity index (χ2v) is 7.20. The van der Waals surface area contributed by atoms with E-state index in [0.29, 0.717) is 5.69 Å². The van der Waals surface area contributed by atoms with Gasteiger partial charge in [-0.1, -0.05) is 18.2 Å². The lowest BCUT2D eigenvalue weighted by atomic mass is 9.66. The van der Waals surface area contributed by atoms with Crippen LogP contribution in [0.25, 0.3) is 0 Å². The smallest absolute Gasteiger partial charge is 0.339 e. The molecule has 1 aromatic carbocycles. The highest BCUT2D eigenvalue weighted by atomic mass is 16.6. The van der Waals surface area contributed by atoms with Crippen LogP contribution in [0.2, 0.25) is 0 Å². The van der Waals surface area contributed by atoms with Crippen molar-refractivity contribution in [3.63, 3.8) is 0 Å². The molecule has 1 spiro atoms. The third-order valence-electron chi connectivity index (χ3n) is 5.41. The Labute approximate surface area is 190 Å². The van der Waals surface area contributed by atoms with Gasteiger partial charge in [-0.15, -0.1) is 0 Å². The first-order valence-corrected chi connectivity index (χ1v) is 10.5. The standard InChI is InChI=1S/C23H26N2O8/c1-5-30-16(26)12-15-17(20(27)31-6-2)23(22(29)33-15)13-10-8-9-11-14(13)25(4)19(24)18(23)21(28)32-7-3/h8-11H,5-7,12,24H2,1-4H3/t23-/m1/s1. The molecule has 0 amide bonds. The zero-order valence-electron chi connectivity index (χ0n) is 18.9. The lowest BCUT2D eigenvalue weighted by molar-refractivity contribution is -0.148. The summed E-state index contributed by atoms with van der Waals surface area (Å²) >= 11 is 0. The Hall–Kier alpha value is -3.82. The van der Waals surface area contributed by atoms with Crippen molar-refractivity contribution in [3.05, 3.63) is 52.6 Å². The molecule has 10 heteroatoms. The van der Waals surface area contributed by atoms with E-state index >= 15 is 0 Å². The lowest BCUT2D eigenvalue weighted by Gasteiger charge is -2.39. The quantitative estimate of drug-likeness (QED) is 0.472. The predicted molar refractivity (Wildman–Crippen MR) is 115 cm³/mol. The van der Waals surface area contributed by atoms with Crippen molar-refractivity contribution in [2.24, 2.45) is 5.73 Å². The summed E-state index contributed by atoms with van der Waals surface area (Å²) in [6.45, 7) is 4.88. The molecule has 0 aromatic heterocycles. The number of carbonyl (C=O) groups is 4. The van der Waals surface area contributed by atoms with Gasteiger partial charge >= 0.3 is 23.9 Å². The van der Waals surface area contributed by atoms with Crippen molar-refractivity contribution in [1.29, 1.82) is 0 Å². The van der Waals surface area contributed by atoms with Crippen molar-refractivity contribution in [3.8, 4) is 0 Å². The van der Waals surface area contributed by atoms with Gasteiger partial charge in [-0.05, 0) is 26.8 Å². The van der Waals surface area contributed by atoms with Gasteiger partial charge in [-0.3, -0.25) is 4.79 Å². The molecular formula is C23H26N2O8. The fraction of sp³-hybridized carbons (Fsp3) is 0.391. The minimum absolute atomic E-state index is 0.000237. The topological polar surface area (TPSA) is 134 Å². The molecule has 0 unspecified atom stereocenters. The fourth-order valence-corrected chi connectivity index (χ4v) is 4.13. The Morgan fingerprint density at radius 2 is 1.55 bits per heavy atom. The van der Waals surface area contributed by atoms with E-state index in [2.05, 4.69) is 0 Å². The van der Waals surface area contributed by atoms with Gasteiger partial charge in [-0.25, -0.2) is 14.4 Å². The Balaban J connectivity index is 2.41. The minimum Gasteiger partial charge on any atom is -0.466 e. The first-order valence-electron chi connectivity index (χ1n) is 10.5. The first kappa shape index (κ1) is 23.8. The number of nitrogens with two attached hydrogens (primary N) is 1. The zero-order chi connectivity index (χ0) is 24.3. The number of carbonyl (C=O) groups excluding carboxylic acids is 4. The summed E-state index contributed by atoms with van der Waals surface area (Å²) in [5, 5.41) is 0. The van der Waals surface area contributed by atoms with E-state index in [9.17, 15) is 19.2 Å². The molecule has 176 valence electrons. The van der Waals surface area contributed by atoms with Gasteiger partial charge in [0.15, 0.2) is 5.41 Å². The normalized spacial score (nSPS) is 19.4. The number of anilines is 1. The van der Waals surface area contributed by atoms with Crippen LogP contribution in [-0.4, -0.2) is 50.7 Å². The molecule has 2 aliphatic rings. The van der Waals surface area contributed by atoms with E-state index in [-0.39, 0.29) is 48.1 Å². The van der Waals surface area contributed by atoms with Crippen LogP contribution < -0.4 is 10.6 Å². The second-order valence-electron chi connectivity index (χ2n) is 7.20. The van der Waals surface area contributed by atoms with Crippen LogP contribution in [0.15, 0.2) is 47.0 Å². The van der Waals surface area contributed by atoms with Crippen molar-refractivity contribution < 1.29 is 38.1 Å². The van der Waals surface area contributed by atoms with Gasteiger partial charge < -0.3 is 29.6 Å². The third-order valence-corrected chi connectivity index (χ3v) is 5.41. The Morgan fingerprint density at radius 1 is 0.970 bits per heavy atom. The van der Waals surface area contributed by atoms with Crippen LogP contribution in [0.4, 0.5) is 5.69 Å². The number of fused-ring (bicyclic) bond motifs is 2. The van der Waals surface area contributed by atoms with E-state index in [1.807, 2.05) is 0 Å². The van der Waals surface area contributed by atoms with Crippen LogP contribution in [0.5, 0.6) is 0 Å². The molecular weight excluding hydrogens is 432 g/mol. The molecule has 0 saturated carbocycles. The summed E-state index contributed by atoms with van der Waals surface area (Å²) in [4.78, 5) is 53.8. The highest BCUT2D eigenvalue weighted by Crippen LogP contribution is 2.54. The van der Waals surface area contributed by atoms with Gasteiger partial charge in [0, 0.05) is 18.3 Å². The number of nitrogens with zero attached hydrogens (tertiary/aromatic N) is 1. The molecule has 33 heavy (non-hydrogen) atoms. The van der Waals surface area contributed by atoms with Gasteiger partial charge in [0.1, 0.15) is 29.1 Å². The summed E-state index contributed by atoms with van der Waals surface area (Å²) in [6, 6.07) is 6.65. The molecule has 0 bridgehead atoms. The average molecular weight is 458 g/mol. The molecule has 2 N–H and O–H groups in total. The summed E-state index contributed by atoms with van der Waals surface area (Å²) < 4.78 is 20.9. The summed E-state index contributed by atoms with van der Waals surface area (Å²) in [5.74, 6) is -3.84. The average Bonchev–Trinajstić information content (AvgIpc) is 3.04. The third kappa shape index (κ3) is 3.71. The van der Waals surface area contributed by atoms with Gasteiger partial charge in [-0.2, -0.15) is 0 Å². The van der Waals surface area contributed by atoms with E-state index in [1.165, 1.54) is 4.90 Å². The van der Waals surface area contributed by atoms with Gasteiger partial charge in [0.05, 0.1) is 19.8 Å². The summed E-state index contributed by atoms with van der Waals surface area (Å²) in [5.41, 5.74) is 4.44. The lowest BCUT2D eigenvalue weighted by Crippen LogP contribution is -2.50. The predicted octanol–water partition coefficient (Wildman–Crippen LogP) is 1.43. The zero-order valence-corrected chi connectivity index (χ0v) is 18.9. The van der Waals surface area contributed by atoms with Crippen molar-refractivity contribution >= 4 is 29.6 Å². The number of hydrogen-bond donors (Lipinski definition) is 1. The van der Waals surface area contributed by atoms with Crippen molar-refractivity contribution in [2.75, 3.05) is 31.8 Å². The molecule has 0 saturated heterocycles. The summed E-state index contributed by atoms with van der Waals surface area (Å²) in [7, 11) is 1.62. The van der Waals surface area contributed by atoms with E-state index in [4.69, 9.17) is 24.7 Å². The number of cyclic esters (lactones) is 1. The number of esters is 4. The van der Waals surface area contributed by atoms with Gasteiger partial charge in [0.2, 0.25) is 0 Å². The molecule has 0 radical (unpaired) electrons. The molecule has 10 nitrogen and oxygen atoms in total. The maximum Gasteiger partial charge on any atom is 0.339 e. The molecule has 0 aliphatic carbocycles. The highest BCUT2D eigenvalue weighted by Gasteiger charge is 2.64. The van der Waals surface area contributed by atoms with Crippen LogP contribution >= 0.6 is 0 Å². The van der Waals surface area contributed by atoms with E-state index < -0.39 is 35.7 Å². The van der Waals surface area contributed by atoms with Gasteiger partial charge in [0.25, 0.3) is 0 Å². The number of ether oxygens (including phenoxy) is 4. The largest absolute Gasteiger partial charge is 0.466 e. The maximum atomic E-state index is 13.6. The fourth-order valence-electron chi connectivity index (χ4n) is 4.13. The first-order chi connectivity index (χ1) is 15.7. The van der Waals surface area contributed by atoms with Crippen molar-refractivity contribution in [2.45, 2.75) is 32.6 Å². The SMILES string of the molecule is CCOC(=O)CC1=C(C(=O)OCC)[C@@]2(C(=O)O1)C(C(=O)OCC)=C(N)N(C)c1ccccc12. The van der Waals surface area contributed by atoms with Crippen LogP contribution in [0, 0.1) is 0 Å². The molecule has 2 aliphatic heterocycles.